The van der Waals surface area contributed by atoms with E-state index >= 15 is 0 Å². The number of ketones is 1. The Hall–Kier alpha value is 0.0469. The quantitative estimate of drug-likeness (QED) is 0.196. The SMILES string of the molecule is CC1(I)C[C@]2(C)C(=O)CC(O[Si](C)(C)C(C)(C)C)CCC1OC2=O. The third-order valence-corrected chi connectivity index (χ3v) is 11.7. The zero-order chi connectivity index (χ0) is 18.6. The van der Waals surface area contributed by atoms with Crippen LogP contribution in [0.15, 0.2) is 0 Å². The molecule has 0 amide bonds. The molecule has 4 atom stereocenters. The summed E-state index contributed by atoms with van der Waals surface area (Å²) in [6, 6.07) is 0. The van der Waals surface area contributed by atoms with E-state index in [1.807, 2.05) is 0 Å². The van der Waals surface area contributed by atoms with E-state index in [1.165, 1.54) is 0 Å². The number of carbonyl (C=O) groups is 2. The summed E-state index contributed by atoms with van der Waals surface area (Å²) in [5.74, 6) is -0.376. The Balaban J connectivity index is 2.29. The molecule has 0 aromatic rings. The number of hydrogen-bond donors (Lipinski definition) is 0. The summed E-state index contributed by atoms with van der Waals surface area (Å²) in [7, 11) is -1.96. The molecule has 1 saturated carbocycles. The Morgan fingerprint density at radius 2 is 1.79 bits per heavy atom. The zero-order valence-electron chi connectivity index (χ0n) is 16.0. The average molecular weight is 466 g/mol. The third-order valence-electron chi connectivity index (χ3n) is 6.12. The van der Waals surface area contributed by atoms with Gasteiger partial charge in [0, 0.05) is 6.42 Å². The molecule has 3 unspecified atom stereocenters. The molecular formula is C18H31IO4Si. The van der Waals surface area contributed by atoms with Crippen LogP contribution in [0.3, 0.4) is 0 Å². The first-order valence-corrected chi connectivity index (χ1v) is 12.8. The van der Waals surface area contributed by atoms with E-state index in [0.29, 0.717) is 12.8 Å². The molecule has 4 nitrogen and oxygen atoms in total. The number of fused-ring (bicyclic) bond motifs is 6. The van der Waals surface area contributed by atoms with Crippen LogP contribution in [0.25, 0.3) is 0 Å². The molecule has 3 rings (SSSR count). The lowest BCUT2D eigenvalue weighted by Gasteiger charge is -2.43. The monoisotopic (exact) mass is 466 g/mol. The maximum Gasteiger partial charge on any atom is 0.319 e. The van der Waals surface area contributed by atoms with Crippen LogP contribution in [0.5, 0.6) is 0 Å². The van der Waals surface area contributed by atoms with Gasteiger partial charge >= 0.3 is 5.97 Å². The number of carbonyl (C=O) groups excluding carboxylic acids is 2. The summed E-state index contributed by atoms with van der Waals surface area (Å²) in [6.07, 6.45) is 2.14. The van der Waals surface area contributed by atoms with Gasteiger partial charge in [-0.3, -0.25) is 9.59 Å². The van der Waals surface area contributed by atoms with E-state index in [-0.39, 0.29) is 32.4 Å². The second-order valence-corrected chi connectivity index (χ2v) is 16.6. The van der Waals surface area contributed by atoms with Gasteiger partial charge in [-0.1, -0.05) is 43.4 Å². The summed E-state index contributed by atoms with van der Waals surface area (Å²) >= 11 is 2.36. The molecule has 2 bridgehead atoms. The molecule has 0 radical (unpaired) electrons. The van der Waals surface area contributed by atoms with Gasteiger partial charge in [0.25, 0.3) is 0 Å². The minimum absolute atomic E-state index is 0.0283. The standard InChI is InChI=1S/C18H31IO4Si/c1-16(2,3)24(6,7)23-12-8-9-14-18(5,19)11-17(4,13(20)10-12)15(21)22-14/h12,14H,8-11H2,1-7H3/t12?,14?,17-,18?/m1/s1. The van der Waals surface area contributed by atoms with Crippen LogP contribution < -0.4 is 0 Å². The molecule has 2 saturated heterocycles. The fraction of sp³-hybridized carbons (Fsp3) is 0.889. The average Bonchev–Trinajstić information content (AvgIpc) is 2.43. The van der Waals surface area contributed by atoms with Crippen molar-refractivity contribution in [3.05, 3.63) is 0 Å². The van der Waals surface area contributed by atoms with Gasteiger partial charge in [-0.2, -0.15) is 0 Å². The number of ether oxygens (including phenoxy) is 1. The van der Waals surface area contributed by atoms with Gasteiger partial charge in [0.2, 0.25) is 0 Å². The summed E-state index contributed by atoms with van der Waals surface area (Å²) in [5, 5.41) is 0.0987. The van der Waals surface area contributed by atoms with Gasteiger partial charge < -0.3 is 9.16 Å². The van der Waals surface area contributed by atoms with E-state index in [4.69, 9.17) is 9.16 Å². The second-order valence-electron chi connectivity index (χ2n) is 9.39. The van der Waals surface area contributed by atoms with E-state index in [1.54, 1.807) is 6.92 Å². The predicted molar refractivity (Wildman–Crippen MR) is 106 cm³/mol. The van der Waals surface area contributed by atoms with Crippen LogP contribution in [-0.4, -0.2) is 35.7 Å². The Bertz CT molecular complexity index is 538. The molecule has 6 heteroatoms. The lowest BCUT2D eigenvalue weighted by atomic mass is 9.73. The first kappa shape index (κ1) is 20.4. The van der Waals surface area contributed by atoms with Crippen LogP contribution in [0, 0.1) is 5.41 Å². The molecule has 0 N–H and O–H groups in total. The highest BCUT2D eigenvalue weighted by Crippen LogP contribution is 2.48. The van der Waals surface area contributed by atoms with E-state index < -0.39 is 13.7 Å². The van der Waals surface area contributed by atoms with Crippen molar-refractivity contribution in [1.82, 2.24) is 0 Å². The van der Waals surface area contributed by atoms with Gasteiger partial charge in [-0.05, 0) is 51.2 Å². The topological polar surface area (TPSA) is 52.6 Å². The Morgan fingerprint density at radius 3 is 2.33 bits per heavy atom. The smallest absolute Gasteiger partial charge is 0.319 e. The van der Waals surface area contributed by atoms with Crippen molar-refractivity contribution in [2.45, 2.75) is 94.1 Å². The second kappa shape index (κ2) is 6.34. The van der Waals surface area contributed by atoms with Crippen molar-refractivity contribution in [3.63, 3.8) is 0 Å². The molecule has 0 aromatic heterocycles. The maximum absolute atomic E-state index is 13.0. The van der Waals surface area contributed by atoms with Crippen LogP contribution >= 0.6 is 22.6 Å². The zero-order valence-corrected chi connectivity index (χ0v) is 19.2. The minimum Gasteiger partial charge on any atom is -0.460 e. The van der Waals surface area contributed by atoms with E-state index in [2.05, 4.69) is 63.4 Å². The normalized spacial score (nSPS) is 38.3. The predicted octanol–water partition coefficient (Wildman–Crippen LogP) is 4.65. The van der Waals surface area contributed by atoms with Crippen LogP contribution in [0.1, 0.15) is 60.3 Å². The van der Waals surface area contributed by atoms with Crippen molar-refractivity contribution in [2.75, 3.05) is 0 Å². The third kappa shape index (κ3) is 3.75. The number of rotatable bonds is 2. The Morgan fingerprint density at radius 1 is 1.21 bits per heavy atom. The largest absolute Gasteiger partial charge is 0.460 e. The molecule has 3 fully saturated rings. The van der Waals surface area contributed by atoms with Crippen molar-refractivity contribution >= 4 is 42.7 Å². The van der Waals surface area contributed by atoms with Crippen LogP contribution in [0.2, 0.25) is 18.1 Å². The molecule has 3 aliphatic rings. The summed E-state index contributed by atoms with van der Waals surface area (Å²) in [5.41, 5.74) is -1.04. The van der Waals surface area contributed by atoms with Crippen LogP contribution in [-0.2, 0) is 18.8 Å². The molecule has 1 aliphatic carbocycles. The molecule has 0 aromatic carbocycles. The highest BCUT2D eigenvalue weighted by Gasteiger charge is 2.56. The van der Waals surface area contributed by atoms with Gasteiger partial charge in [-0.25, -0.2) is 0 Å². The van der Waals surface area contributed by atoms with Gasteiger partial charge in [-0.15, -0.1) is 0 Å². The first-order chi connectivity index (χ1) is 10.7. The van der Waals surface area contributed by atoms with Gasteiger partial charge in [0.05, 0.1) is 9.53 Å². The fourth-order valence-corrected chi connectivity index (χ4v) is 5.99. The van der Waals surface area contributed by atoms with E-state index in [9.17, 15) is 9.59 Å². The number of halogens is 1. The van der Waals surface area contributed by atoms with Gasteiger partial charge in [0.1, 0.15) is 11.5 Å². The highest BCUT2D eigenvalue weighted by atomic mass is 127. The molecule has 2 heterocycles. The first-order valence-electron chi connectivity index (χ1n) is 8.80. The number of esters is 1. The molecule has 24 heavy (non-hydrogen) atoms. The fourth-order valence-electron chi connectivity index (χ4n) is 3.40. The number of hydrogen-bond acceptors (Lipinski definition) is 4. The minimum atomic E-state index is -1.96. The Labute approximate surface area is 160 Å². The van der Waals surface area contributed by atoms with Crippen molar-refractivity contribution in [1.29, 1.82) is 0 Å². The lowest BCUT2D eigenvalue weighted by Crippen LogP contribution is -2.53. The maximum atomic E-state index is 13.0. The van der Waals surface area contributed by atoms with E-state index in [0.717, 1.165) is 12.8 Å². The lowest BCUT2D eigenvalue weighted by molar-refractivity contribution is -0.174. The number of alkyl halides is 1. The summed E-state index contributed by atoms with van der Waals surface area (Å²) in [6.45, 7) is 14.9. The van der Waals surface area contributed by atoms with Crippen molar-refractivity contribution in [3.8, 4) is 0 Å². The summed E-state index contributed by atoms with van der Waals surface area (Å²) < 4.78 is 12.0. The molecular weight excluding hydrogens is 435 g/mol. The highest BCUT2D eigenvalue weighted by molar-refractivity contribution is 14.1. The Kier molecular flexibility index (Phi) is 5.38. The van der Waals surface area contributed by atoms with Crippen molar-refractivity contribution in [2.24, 2.45) is 5.41 Å². The molecule has 138 valence electrons. The van der Waals surface area contributed by atoms with Crippen molar-refractivity contribution < 1.29 is 18.8 Å². The van der Waals surface area contributed by atoms with Gasteiger partial charge in [0.15, 0.2) is 14.1 Å². The number of Topliss-reactive ketones (excluding diaryl/α,β-unsaturated/α-hetero) is 1. The summed E-state index contributed by atoms with van der Waals surface area (Å²) in [4.78, 5) is 25.4. The molecule has 0 spiro atoms. The van der Waals surface area contributed by atoms with Crippen LogP contribution in [0.4, 0.5) is 0 Å². The molecule has 2 aliphatic heterocycles.